The van der Waals surface area contributed by atoms with E-state index in [1.165, 1.54) is 0 Å². The second kappa shape index (κ2) is 6.97. The van der Waals surface area contributed by atoms with E-state index in [9.17, 15) is 18.0 Å². The number of nitrogens with zero attached hydrogens (tertiary/aromatic N) is 5. The van der Waals surface area contributed by atoms with Gasteiger partial charge in [0.1, 0.15) is 5.82 Å². The third-order valence-electron chi connectivity index (χ3n) is 4.11. The Labute approximate surface area is 151 Å². The molecule has 3 aromatic rings. The molecule has 0 aliphatic heterocycles. The maximum atomic E-state index is 12.9. The Balaban J connectivity index is 2.01. The van der Waals surface area contributed by atoms with Gasteiger partial charge in [-0.3, -0.25) is 4.79 Å². The highest BCUT2D eigenvalue weighted by atomic mass is 19.4. The number of hydrogen-bond donors (Lipinski definition) is 2. The number of aryl methyl sites for hydroxylation is 2. The smallest absolute Gasteiger partial charge is 0.366 e. The molecule has 0 fully saturated rings. The molecule has 0 bridgehead atoms. The van der Waals surface area contributed by atoms with Gasteiger partial charge < -0.3 is 5.32 Å². The third-order valence-corrected chi connectivity index (χ3v) is 4.11. The average Bonchev–Trinajstić information content (AvgIpc) is 3.04. The van der Waals surface area contributed by atoms with Crippen molar-refractivity contribution in [2.75, 3.05) is 5.32 Å². The summed E-state index contributed by atoms with van der Waals surface area (Å²) in [6.07, 6.45) is -3.40. The molecule has 3 heterocycles. The van der Waals surface area contributed by atoms with Crippen molar-refractivity contribution >= 4 is 11.6 Å². The number of H-pyrrole nitrogens is 1. The lowest BCUT2D eigenvalue weighted by Crippen LogP contribution is -2.22. The van der Waals surface area contributed by atoms with Crippen LogP contribution in [0.2, 0.25) is 0 Å². The predicted molar refractivity (Wildman–Crippen MR) is 91.5 cm³/mol. The minimum atomic E-state index is -4.67. The van der Waals surface area contributed by atoms with Crippen LogP contribution in [0.5, 0.6) is 0 Å². The summed E-state index contributed by atoms with van der Waals surface area (Å²) in [5, 5.41) is 13.0. The number of rotatable bonds is 5. The first-order valence-corrected chi connectivity index (χ1v) is 8.39. The maximum absolute atomic E-state index is 12.9. The molecule has 0 spiro atoms. The Kier molecular flexibility index (Phi) is 4.85. The second-order valence-electron chi connectivity index (χ2n) is 5.94. The van der Waals surface area contributed by atoms with Crippen LogP contribution in [-0.2, 0) is 25.6 Å². The van der Waals surface area contributed by atoms with Crippen LogP contribution in [-0.4, -0.2) is 29.8 Å². The molecule has 0 aliphatic rings. The van der Waals surface area contributed by atoms with Gasteiger partial charge in [0.2, 0.25) is 0 Å². The average molecular weight is 381 g/mol. The Morgan fingerprint density at radius 3 is 2.56 bits per heavy atom. The standard InChI is InChI=1S/C16H18F3N7O/c1-4-9-10(13(27)24-23-11(9)5-2)7-20-12-6-8(3)21-15-22-14(16(17,18)19)25-26(12)15/h6,20H,4-5,7H2,1-3H3,(H,24,27). The van der Waals surface area contributed by atoms with Crippen LogP contribution in [0.15, 0.2) is 10.9 Å². The zero-order valence-corrected chi connectivity index (χ0v) is 15.0. The molecule has 0 saturated heterocycles. The van der Waals surface area contributed by atoms with Crippen molar-refractivity contribution in [3.63, 3.8) is 0 Å². The number of halogens is 3. The second-order valence-corrected chi connectivity index (χ2v) is 5.94. The van der Waals surface area contributed by atoms with Crippen molar-refractivity contribution in [1.29, 1.82) is 0 Å². The van der Waals surface area contributed by atoms with Gasteiger partial charge in [0.15, 0.2) is 0 Å². The largest absolute Gasteiger partial charge is 0.453 e. The number of aromatic nitrogens is 6. The summed E-state index contributed by atoms with van der Waals surface area (Å²) in [4.78, 5) is 19.6. The Morgan fingerprint density at radius 2 is 1.93 bits per heavy atom. The summed E-state index contributed by atoms with van der Waals surface area (Å²) < 4.78 is 39.7. The van der Waals surface area contributed by atoms with Gasteiger partial charge in [0.25, 0.3) is 17.2 Å². The van der Waals surface area contributed by atoms with Gasteiger partial charge in [0.05, 0.1) is 5.69 Å². The van der Waals surface area contributed by atoms with Crippen molar-refractivity contribution < 1.29 is 13.2 Å². The molecule has 27 heavy (non-hydrogen) atoms. The highest BCUT2D eigenvalue weighted by Crippen LogP contribution is 2.27. The van der Waals surface area contributed by atoms with Gasteiger partial charge in [-0.15, -0.1) is 5.10 Å². The number of anilines is 1. The summed E-state index contributed by atoms with van der Waals surface area (Å²) in [7, 11) is 0. The number of aromatic amines is 1. The fourth-order valence-electron chi connectivity index (χ4n) is 2.87. The first-order valence-electron chi connectivity index (χ1n) is 8.39. The summed E-state index contributed by atoms with van der Waals surface area (Å²) in [6, 6.07) is 1.55. The molecule has 3 aromatic heterocycles. The predicted octanol–water partition coefficient (Wildman–Crippen LogP) is 2.27. The van der Waals surface area contributed by atoms with Crippen LogP contribution in [0.1, 0.15) is 42.2 Å². The summed E-state index contributed by atoms with van der Waals surface area (Å²) in [5.74, 6) is -1.18. The molecule has 0 unspecified atom stereocenters. The summed E-state index contributed by atoms with van der Waals surface area (Å²) >= 11 is 0. The van der Waals surface area contributed by atoms with Crippen molar-refractivity contribution in [3.05, 3.63) is 44.8 Å². The quantitative estimate of drug-likeness (QED) is 0.703. The zero-order chi connectivity index (χ0) is 19.8. The SMILES string of the molecule is CCc1n[nH]c(=O)c(CNc2cc(C)nc3nc(C(F)(F)F)nn23)c1CC. The number of alkyl halides is 3. The van der Waals surface area contributed by atoms with Crippen LogP contribution in [0, 0.1) is 6.92 Å². The van der Waals surface area contributed by atoms with E-state index in [1.54, 1.807) is 13.0 Å². The molecule has 2 N–H and O–H groups in total. The first kappa shape index (κ1) is 18.8. The van der Waals surface area contributed by atoms with Crippen LogP contribution in [0.4, 0.5) is 19.0 Å². The van der Waals surface area contributed by atoms with E-state index in [1.807, 2.05) is 13.8 Å². The highest BCUT2D eigenvalue weighted by molar-refractivity contribution is 5.46. The molecule has 3 rings (SSSR count). The number of nitrogens with one attached hydrogen (secondary N) is 2. The molecule has 11 heteroatoms. The molecule has 0 radical (unpaired) electrons. The van der Waals surface area contributed by atoms with Crippen molar-refractivity contribution in [1.82, 2.24) is 29.8 Å². The van der Waals surface area contributed by atoms with Gasteiger partial charge in [-0.2, -0.15) is 27.8 Å². The Morgan fingerprint density at radius 1 is 1.19 bits per heavy atom. The number of fused-ring (bicyclic) bond motifs is 1. The molecular weight excluding hydrogens is 363 g/mol. The van der Waals surface area contributed by atoms with E-state index in [0.29, 0.717) is 24.1 Å². The molecule has 0 saturated carbocycles. The van der Waals surface area contributed by atoms with Crippen LogP contribution < -0.4 is 10.9 Å². The van der Waals surface area contributed by atoms with E-state index >= 15 is 0 Å². The molecule has 0 amide bonds. The Bertz CT molecular complexity index is 1040. The van der Waals surface area contributed by atoms with E-state index in [0.717, 1.165) is 15.8 Å². The van der Waals surface area contributed by atoms with E-state index in [4.69, 9.17) is 0 Å². The van der Waals surface area contributed by atoms with Crippen molar-refractivity contribution in [2.45, 2.75) is 46.3 Å². The lowest BCUT2D eigenvalue weighted by molar-refractivity contribution is -0.144. The van der Waals surface area contributed by atoms with Crippen molar-refractivity contribution in [3.8, 4) is 0 Å². The normalized spacial score (nSPS) is 11.9. The Hall–Kier alpha value is -2.98. The molecule has 8 nitrogen and oxygen atoms in total. The number of hydrogen-bond acceptors (Lipinski definition) is 6. The molecule has 0 atom stereocenters. The maximum Gasteiger partial charge on any atom is 0.453 e. The minimum Gasteiger partial charge on any atom is -0.366 e. The fraction of sp³-hybridized carbons (Fsp3) is 0.438. The summed E-state index contributed by atoms with van der Waals surface area (Å²) in [6.45, 7) is 5.59. The third kappa shape index (κ3) is 3.62. The minimum absolute atomic E-state index is 0.105. The zero-order valence-electron chi connectivity index (χ0n) is 15.0. The fourth-order valence-corrected chi connectivity index (χ4v) is 2.87. The monoisotopic (exact) mass is 381 g/mol. The van der Waals surface area contributed by atoms with E-state index < -0.39 is 12.0 Å². The van der Waals surface area contributed by atoms with Gasteiger partial charge in [-0.05, 0) is 25.3 Å². The lowest BCUT2D eigenvalue weighted by Gasteiger charge is -2.13. The first-order chi connectivity index (χ1) is 12.7. The van der Waals surface area contributed by atoms with E-state index in [2.05, 4.69) is 30.6 Å². The topological polar surface area (TPSA) is 101 Å². The van der Waals surface area contributed by atoms with Crippen LogP contribution in [0.25, 0.3) is 5.78 Å². The molecule has 144 valence electrons. The summed E-state index contributed by atoms with van der Waals surface area (Å²) in [5.41, 5.74) is 2.23. The van der Waals surface area contributed by atoms with Gasteiger partial charge >= 0.3 is 6.18 Å². The molecule has 0 aliphatic carbocycles. The highest BCUT2D eigenvalue weighted by Gasteiger charge is 2.36. The lowest BCUT2D eigenvalue weighted by atomic mass is 10.0. The van der Waals surface area contributed by atoms with Crippen molar-refractivity contribution in [2.24, 2.45) is 0 Å². The molecular formula is C16H18F3N7O. The molecule has 0 aromatic carbocycles. The van der Waals surface area contributed by atoms with Gasteiger partial charge in [-0.1, -0.05) is 13.8 Å². The van der Waals surface area contributed by atoms with Gasteiger partial charge in [0, 0.05) is 23.9 Å². The van der Waals surface area contributed by atoms with Crippen LogP contribution in [0.3, 0.4) is 0 Å². The van der Waals surface area contributed by atoms with E-state index in [-0.39, 0.29) is 23.7 Å². The van der Waals surface area contributed by atoms with Gasteiger partial charge in [-0.25, -0.2) is 10.1 Å². The van der Waals surface area contributed by atoms with Crippen LogP contribution >= 0.6 is 0 Å².